The van der Waals surface area contributed by atoms with Crippen molar-refractivity contribution < 1.29 is 27.6 Å². The summed E-state index contributed by atoms with van der Waals surface area (Å²) in [5, 5.41) is 10.9. The van der Waals surface area contributed by atoms with Crippen molar-refractivity contribution in [2.24, 2.45) is 0 Å². The summed E-state index contributed by atoms with van der Waals surface area (Å²) >= 11 is 0. The van der Waals surface area contributed by atoms with Crippen molar-refractivity contribution in [1.82, 2.24) is 4.90 Å². The number of piperazine rings is 1. The largest absolute Gasteiger partial charge is 0.484 e. The molecule has 0 unspecified atom stereocenters. The lowest BCUT2D eigenvalue weighted by Crippen LogP contribution is -2.48. The van der Waals surface area contributed by atoms with Crippen LogP contribution in [0.5, 0.6) is 5.75 Å². The lowest BCUT2D eigenvalue weighted by molar-refractivity contribution is -0.384. The summed E-state index contributed by atoms with van der Waals surface area (Å²) in [6, 6.07) is 11.8. The van der Waals surface area contributed by atoms with E-state index in [1.165, 1.54) is 36.4 Å². The quantitative estimate of drug-likeness (QED) is 0.558. The molecule has 10 heteroatoms. The van der Waals surface area contributed by atoms with Gasteiger partial charge in [0.05, 0.1) is 4.92 Å². The predicted octanol–water partition coefficient (Wildman–Crippen LogP) is 3.50. The zero-order valence-electron chi connectivity index (χ0n) is 15.3. The summed E-state index contributed by atoms with van der Waals surface area (Å²) in [6.07, 6.45) is -4.42. The number of ether oxygens (including phenoxy) is 1. The maximum absolute atomic E-state index is 12.6. The lowest BCUT2D eigenvalue weighted by atomic mass is 10.1. The number of nitrogens with zero attached hydrogens (tertiary/aromatic N) is 3. The third kappa shape index (κ3) is 5.37. The minimum absolute atomic E-state index is 0.00818. The fourth-order valence-electron chi connectivity index (χ4n) is 3.01. The van der Waals surface area contributed by atoms with E-state index in [0.29, 0.717) is 31.7 Å². The Labute approximate surface area is 164 Å². The van der Waals surface area contributed by atoms with Crippen LogP contribution >= 0.6 is 0 Å². The number of nitro groups is 1. The highest BCUT2D eigenvalue weighted by Gasteiger charge is 2.28. The van der Waals surface area contributed by atoms with Crippen LogP contribution in [-0.2, 0) is 0 Å². The molecule has 1 fully saturated rings. The number of hydrogen-bond donors (Lipinski definition) is 0. The van der Waals surface area contributed by atoms with Gasteiger partial charge in [0.15, 0.2) is 6.61 Å². The molecule has 2 aromatic rings. The molecule has 7 nitrogen and oxygen atoms in total. The van der Waals surface area contributed by atoms with Gasteiger partial charge in [0.1, 0.15) is 5.75 Å². The minimum Gasteiger partial charge on any atom is -0.484 e. The maximum atomic E-state index is 12.6. The number of benzene rings is 2. The molecule has 1 amide bonds. The number of rotatable bonds is 5. The second-order valence-corrected chi connectivity index (χ2v) is 6.48. The minimum atomic E-state index is -4.42. The SMILES string of the molecule is O=C(c1ccc(OCC(F)(F)F)cc1)N1CCN(c2cccc([N+](=O)[O-])c2)CC1. The van der Waals surface area contributed by atoms with Crippen molar-refractivity contribution in [1.29, 1.82) is 0 Å². The van der Waals surface area contributed by atoms with Gasteiger partial charge in [-0.2, -0.15) is 13.2 Å². The van der Waals surface area contributed by atoms with Gasteiger partial charge in [-0.3, -0.25) is 14.9 Å². The average molecular weight is 409 g/mol. The third-order valence-corrected chi connectivity index (χ3v) is 4.48. The number of nitro benzene ring substituents is 1. The van der Waals surface area contributed by atoms with Crippen LogP contribution in [0.3, 0.4) is 0 Å². The predicted molar refractivity (Wildman–Crippen MR) is 99.2 cm³/mol. The highest BCUT2D eigenvalue weighted by atomic mass is 19.4. The highest BCUT2D eigenvalue weighted by Crippen LogP contribution is 2.23. The fraction of sp³-hybridized carbons (Fsp3) is 0.316. The van der Waals surface area contributed by atoms with Crippen LogP contribution < -0.4 is 9.64 Å². The molecule has 1 aliphatic heterocycles. The van der Waals surface area contributed by atoms with Crippen LogP contribution in [0.4, 0.5) is 24.5 Å². The maximum Gasteiger partial charge on any atom is 0.422 e. The molecule has 0 spiro atoms. The summed E-state index contributed by atoms with van der Waals surface area (Å²) in [7, 11) is 0. The molecule has 0 atom stereocenters. The Morgan fingerprint density at radius 3 is 2.31 bits per heavy atom. The average Bonchev–Trinajstić information content (AvgIpc) is 2.72. The monoisotopic (exact) mass is 409 g/mol. The van der Waals surface area contributed by atoms with E-state index < -0.39 is 17.7 Å². The number of carbonyl (C=O) groups is 1. The van der Waals surface area contributed by atoms with Gasteiger partial charge in [-0.1, -0.05) is 6.07 Å². The fourth-order valence-corrected chi connectivity index (χ4v) is 3.01. The van der Waals surface area contributed by atoms with E-state index in [2.05, 4.69) is 4.74 Å². The molecule has 0 radical (unpaired) electrons. The number of carbonyl (C=O) groups excluding carboxylic acids is 1. The molecule has 154 valence electrons. The Kier molecular flexibility index (Phi) is 5.90. The molecule has 1 heterocycles. The van der Waals surface area contributed by atoms with E-state index in [1.54, 1.807) is 17.0 Å². The van der Waals surface area contributed by atoms with Crippen LogP contribution in [-0.4, -0.2) is 54.7 Å². The van der Waals surface area contributed by atoms with Crippen LogP contribution in [0.15, 0.2) is 48.5 Å². The van der Waals surface area contributed by atoms with Gasteiger partial charge in [0.2, 0.25) is 0 Å². The van der Waals surface area contributed by atoms with E-state index in [4.69, 9.17) is 0 Å². The van der Waals surface area contributed by atoms with Crippen molar-refractivity contribution in [3.63, 3.8) is 0 Å². The van der Waals surface area contributed by atoms with E-state index in [9.17, 15) is 28.1 Å². The summed E-state index contributed by atoms with van der Waals surface area (Å²) < 4.78 is 41.2. The second-order valence-electron chi connectivity index (χ2n) is 6.48. The van der Waals surface area contributed by atoms with Crippen molar-refractivity contribution in [3.05, 3.63) is 64.2 Å². The first-order chi connectivity index (χ1) is 13.7. The Balaban J connectivity index is 1.57. The number of halogens is 3. The van der Waals surface area contributed by atoms with Gasteiger partial charge in [-0.15, -0.1) is 0 Å². The first-order valence-corrected chi connectivity index (χ1v) is 8.81. The Bertz CT molecular complexity index is 879. The van der Waals surface area contributed by atoms with Crippen LogP contribution in [0, 0.1) is 10.1 Å². The van der Waals surface area contributed by atoms with Crippen molar-refractivity contribution in [3.8, 4) is 5.75 Å². The van der Waals surface area contributed by atoms with E-state index in [1.807, 2.05) is 4.90 Å². The number of amides is 1. The Morgan fingerprint density at radius 2 is 1.72 bits per heavy atom. The van der Waals surface area contributed by atoms with Crippen LogP contribution in [0.25, 0.3) is 0 Å². The van der Waals surface area contributed by atoms with Crippen LogP contribution in [0.2, 0.25) is 0 Å². The zero-order chi connectivity index (χ0) is 21.0. The summed E-state index contributed by atoms with van der Waals surface area (Å²) in [5.41, 5.74) is 1.08. The second kappa shape index (κ2) is 8.38. The summed E-state index contributed by atoms with van der Waals surface area (Å²) in [6.45, 7) is 0.487. The molecule has 3 rings (SSSR count). The summed E-state index contributed by atoms with van der Waals surface area (Å²) in [5.74, 6) is -0.194. The van der Waals surface area contributed by atoms with Crippen molar-refractivity contribution in [2.45, 2.75) is 6.18 Å². The third-order valence-electron chi connectivity index (χ3n) is 4.48. The van der Waals surface area contributed by atoms with Crippen molar-refractivity contribution >= 4 is 17.3 Å². The first kappa shape index (κ1) is 20.4. The molecule has 0 bridgehead atoms. The molecule has 0 saturated carbocycles. The van der Waals surface area contributed by atoms with Gasteiger partial charge in [-0.25, -0.2) is 0 Å². The number of alkyl halides is 3. The van der Waals surface area contributed by atoms with Gasteiger partial charge in [0.25, 0.3) is 11.6 Å². The Morgan fingerprint density at radius 1 is 1.07 bits per heavy atom. The van der Waals surface area contributed by atoms with Gasteiger partial charge < -0.3 is 14.5 Å². The molecule has 0 N–H and O–H groups in total. The number of hydrogen-bond acceptors (Lipinski definition) is 5. The van der Waals surface area contributed by atoms with Crippen molar-refractivity contribution in [2.75, 3.05) is 37.7 Å². The molecule has 0 aliphatic carbocycles. The molecule has 29 heavy (non-hydrogen) atoms. The topological polar surface area (TPSA) is 75.9 Å². The molecule has 1 aliphatic rings. The van der Waals surface area contributed by atoms with E-state index >= 15 is 0 Å². The molecular weight excluding hydrogens is 391 g/mol. The molecule has 2 aromatic carbocycles. The van der Waals surface area contributed by atoms with Gasteiger partial charge in [0, 0.05) is 49.6 Å². The standard InChI is InChI=1S/C19H18F3N3O4/c20-19(21,22)13-29-17-6-4-14(5-7-17)18(26)24-10-8-23(9-11-24)15-2-1-3-16(12-15)25(27)28/h1-7,12H,8-11,13H2. The number of anilines is 1. The van der Waals surface area contributed by atoms with Gasteiger partial charge >= 0.3 is 6.18 Å². The van der Waals surface area contributed by atoms with Gasteiger partial charge in [-0.05, 0) is 30.3 Å². The van der Waals surface area contributed by atoms with E-state index in [0.717, 1.165) is 5.69 Å². The first-order valence-electron chi connectivity index (χ1n) is 8.81. The molecular formula is C19H18F3N3O4. The zero-order valence-corrected chi connectivity index (χ0v) is 15.3. The van der Waals surface area contributed by atoms with Crippen LogP contribution in [0.1, 0.15) is 10.4 Å². The Hall–Kier alpha value is -3.30. The number of non-ortho nitro benzene ring substituents is 1. The molecule has 1 saturated heterocycles. The molecule has 0 aromatic heterocycles. The normalized spacial score (nSPS) is 14.6. The lowest BCUT2D eigenvalue weighted by Gasteiger charge is -2.36. The summed E-state index contributed by atoms with van der Waals surface area (Å²) in [4.78, 5) is 26.7. The smallest absolute Gasteiger partial charge is 0.422 e. The highest BCUT2D eigenvalue weighted by molar-refractivity contribution is 5.94. The van der Waals surface area contributed by atoms with E-state index in [-0.39, 0.29) is 17.3 Å².